The molecule has 0 N–H and O–H groups in total. The number of pyridine rings is 3. The van der Waals surface area contributed by atoms with Crippen LogP contribution in [0.3, 0.4) is 0 Å². The molecule has 0 aliphatic rings. The summed E-state index contributed by atoms with van der Waals surface area (Å²) in [5, 5.41) is 0. The van der Waals surface area contributed by atoms with Gasteiger partial charge in [0.2, 0.25) is 0 Å². The Morgan fingerprint density at radius 1 is 0.907 bits per heavy atom. The largest absolute Gasteiger partial charge is 0.495 e. The summed E-state index contributed by atoms with van der Waals surface area (Å²) in [7, 11) is 4.28. The fraction of sp³-hybridized carbons (Fsp3) is 0.156. The molecule has 218 valence electrons. The Labute approximate surface area is 245 Å². The maximum atomic E-state index is 13.5. The number of benzene rings is 2. The first-order valence-electron chi connectivity index (χ1n) is 13.0. The maximum Gasteiger partial charge on any atom is 0.269 e. The molecule has 0 amide bonds. The Hall–Kier alpha value is -5.58. The Kier molecular flexibility index (Phi) is 8.15. The molecular formula is C32H26FN3O7. The smallest absolute Gasteiger partial charge is 0.269 e. The summed E-state index contributed by atoms with van der Waals surface area (Å²) in [5.74, 6) is 0.0569. The number of aromatic nitrogens is 3. The van der Waals surface area contributed by atoms with E-state index in [1.165, 1.54) is 58.7 Å². The topological polar surface area (TPSA) is 119 Å². The normalized spacial score (nSPS) is 10.8. The minimum Gasteiger partial charge on any atom is -0.495 e. The highest BCUT2D eigenvalue weighted by atomic mass is 19.1. The van der Waals surface area contributed by atoms with Gasteiger partial charge in [-0.05, 0) is 48.9 Å². The fourth-order valence-corrected chi connectivity index (χ4v) is 4.56. The van der Waals surface area contributed by atoms with Crippen molar-refractivity contribution in [2.75, 3.05) is 21.3 Å². The van der Waals surface area contributed by atoms with E-state index in [0.717, 1.165) is 4.57 Å². The van der Waals surface area contributed by atoms with Crippen molar-refractivity contribution in [2.45, 2.75) is 13.3 Å². The fourth-order valence-electron chi connectivity index (χ4n) is 4.56. The van der Waals surface area contributed by atoms with Crippen molar-refractivity contribution in [3.05, 3.63) is 106 Å². The lowest BCUT2D eigenvalue weighted by Gasteiger charge is -2.15. The van der Waals surface area contributed by atoms with Crippen molar-refractivity contribution < 1.29 is 32.9 Å². The molecule has 5 rings (SSSR count). The quantitative estimate of drug-likeness (QED) is 0.200. The number of carbonyl (C=O) groups is 2. The van der Waals surface area contributed by atoms with Gasteiger partial charge in [-0.3, -0.25) is 23.9 Å². The van der Waals surface area contributed by atoms with Gasteiger partial charge in [0.15, 0.2) is 23.1 Å². The number of ketones is 2. The third-order valence-corrected chi connectivity index (χ3v) is 6.67. The van der Waals surface area contributed by atoms with Crippen molar-refractivity contribution in [3.63, 3.8) is 0 Å². The summed E-state index contributed by atoms with van der Waals surface area (Å²) >= 11 is 0. The third kappa shape index (κ3) is 5.78. The molecule has 0 aliphatic heterocycles. The lowest BCUT2D eigenvalue weighted by Crippen LogP contribution is -2.28. The van der Waals surface area contributed by atoms with Gasteiger partial charge in [0, 0.05) is 36.6 Å². The van der Waals surface area contributed by atoms with Crippen LogP contribution >= 0.6 is 0 Å². The average Bonchev–Trinajstić information content (AvgIpc) is 3.01. The van der Waals surface area contributed by atoms with Gasteiger partial charge in [-0.25, -0.2) is 9.37 Å². The molecule has 0 aliphatic carbocycles. The number of rotatable bonds is 10. The maximum absolute atomic E-state index is 13.5. The minimum atomic E-state index is -0.692. The molecule has 3 heterocycles. The van der Waals surface area contributed by atoms with Crippen molar-refractivity contribution in [1.29, 1.82) is 0 Å². The van der Waals surface area contributed by atoms with E-state index in [9.17, 15) is 18.8 Å². The van der Waals surface area contributed by atoms with Gasteiger partial charge >= 0.3 is 0 Å². The first kappa shape index (κ1) is 28.9. The monoisotopic (exact) mass is 583 g/mol. The van der Waals surface area contributed by atoms with E-state index in [1.54, 1.807) is 42.6 Å². The first-order valence-corrected chi connectivity index (χ1v) is 13.0. The molecule has 5 aromatic rings. The molecule has 2 aromatic carbocycles. The number of Topliss-reactive ketones (excluding diaryl/α,β-unsaturated/α-hetero) is 2. The van der Waals surface area contributed by atoms with Gasteiger partial charge in [-0.15, -0.1) is 0 Å². The van der Waals surface area contributed by atoms with Gasteiger partial charge in [-0.1, -0.05) is 12.1 Å². The van der Waals surface area contributed by atoms with Gasteiger partial charge in [-0.2, -0.15) is 0 Å². The number of hydrogen-bond acceptors (Lipinski definition) is 9. The van der Waals surface area contributed by atoms with E-state index in [2.05, 4.69) is 9.97 Å². The standard InChI is InChI=1S/C32H26FN3O7/c1-18(37)23-17-36(21-9-7-20(33)8-10-21)32(39)28(30(23)41-3)25(38)15-19-5-11-22(12-6-19)43-26-13-14-34-24-16-27(40-2)31(42-4)35-29(24)26/h5-14,16-17H,15H2,1-4H3. The second-order valence-corrected chi connectivity index (χ2v) is 9.38. The number of methoxy groups -OCH3 is 3. The number of hydrogen-bond donors (Lipinski definition) is 0. The summed E-state index contributed by atoms with van der Waals surface area (Å²) in [5.41, 5.74) is 0.970. The lowest BCUT2D eigenvalue weighted by molar-refractivity contribution is 0.0987. The molecule has 0 spiro atoms. The van der Waals surface area contributed by atoms with Gasteiger partial charge < -0.3 is 18.9 Å². The first-order chi connectivity index (χ1) is 20.7. The second kappa shape index (κ2) is 12.1. The van der Waals surface area contributed by atoms with Crippen LogP contribution < -0.4 is 24.5 Å². The van der Waals surface area contributed by atoms with Gasteiger partial charge in [0.1, 0.15) is 28.4 Å². The van der Waals surface area contributed by atoms with Gasteiger partial charge in [0.05, 0.1) is 32.4 Å². The second-order valence-electron chi connectivity index (χ2n) is 9.38. The summed E-state index contributed by atoms with van der Waals surface area (Å²) in [4.78, 5) is 48.3. The molecule has 0 saturated heterocycles. The molecular weight excluding hydrogens is 557 g/mol. The van der Waals surface area contributed by atoms with Crippen molar-refractivity contribution >= 4 is 22.6 Å². The van der Waals surface area contributed by atoms with E-state index in [1.807, 2.05) is 0 Å². The Balaban J connectivity index is 1.44. The number of carbonyl (C=O) groups excluding carboxylic acids is 2. The van der Waals surface area contributed by atoms with Crippen molar-refractivity contribution in [3.8, 4) is 34.6 Å². The zero-order valence-electron chi connectivity index (χ0n) is 23.7. The lowest BCUT2D eigenvalue weighted by atomic mass is 10.00. The molecule has 0 bridgehead atoms. The van der Waals surface area contributed by atoms with Crippen LogP contribution in [0.4, 0.5) is 4.39 Å². The van der Waals surface area contributed by atoms with E-state index in [4.69, 9.17) is 18.9 Å². The average molecular weight is 584 g/mol. The van der Waals surface area contributed by atoms with Crippen LogP contribution in [0.1, 0.15) is 33.2 Å². The van der Waals surface area contributed by atoms with Crippen molar-refractivity contribution in [1.82, 2.24) is 14.5 Å². The molecule has 10 nitrogen and oxygen atoms in total. The van der Waals surface area contributed by atoms with Crippen LogP contribution in [0.5, 0.6) is 28.9 Å². The Morgan fingerprint density at radius 3 is 2.26 bits per heavy atom. The Bertz CT molecular complexity index is 1900. The summed E-state index contributed by atoms with van der Waals surface area (Å²) in [6.07, 6.45) is 2.72. The molecule has 0 fully saturated rings. The number of ether oxygens (including phenoxy) is 4. The molecule has 11 heteroatoms. The van der Waals surface area contributed by atoms with Crippen LogP contribution in [0.25, 0.3) is 16.7 Å². The van der Waals surface area contributed by atoms with E-state index in [0.29, 0.717) is 39.5 Å². The highest BCUT2D eigenvalue weighted by molar-refractivity contribution is 6.05. The molecule has 43 heavy (non-hydrogen) atoms. The van der Waals surface area contributed by atoms with E-state index < -0.39 is 22.9 Å². The molecule has 0 saturated carbocycles. The van der Waals surface area contributed by atoms with Gasteiger partial charge in [0.25, 0.3) is 11.4 Å². The minimum absolute atomic E-state index is 0.0472. The summed E-state index contributed by atoms with van der Waals surface area (Å²) < 4.78 is 36.7. The molecule has 3 aromatic heterocycles. The Morgan fingerprint density at radius 2 is 1.63 bits per heavy atom. The van der Waals surface area contributed by atoms with Crippen LogP contribution in [0.2, 0.25) is 0 Å². The predicted molar refractivity (Wildman–Crippen MR) is 156 cm³/mol. The summed E-state index contributed by atoms with van der Waals surface area (Å²) in [6.45, 7) is 1.30. The van der Waals surface area contributed by atoms with Crippen LogP contribution in [-0.2, 0) is 6.42 Å². The zero-order chi connectivity index (χ0) is 30.7. The number of fused-ring (bicyclic) bond motifs is 1. The zero-order valence-corrected chi connectivity index (χ0v) is 23.7. The number of halogens is 1. The summed E-state index contributed by atoms with van der Waals surface area (Å²) in [6, 6.07) is 15.2. The van der Waals surface area contributed by atoms with E-state index in [-0.39, 0.29) is 29.2 Å². The SMILES string of the molecule is COc1cc2nccc(Oc3ccc(CC(=O)c4c(OC)c(C(C)=O)cn(-c5ccc(F)cc5)c4=O)cc3)c2nc1OC. The molecule has 0 atom stereocenters. The van der Waals surface area contributed by atoms with Crippen molar-refractivity contribution in [2.24, 2.45) is 0 Å². The third-order valence-electron chi connectivity index (χ3n) is 6.67. The van der Waals surface area contributed by atoms with Crippen LogP contribution in [0.15, 0.2) is 77.9 Å². The highest BCUT2D eigenvalue weighted by Gasteiger charge is 2.25. The molecule has 0 radical (unpaired) electrons. The number of nitrogens with zero attached hydrogens (tertiary/aromatic N) is 3. The highest BCUT2D eigenvalue weighted by Crippen LogP contribution is 2.34. The van der Waals surface area contributed by atoms with Crippen LogP contribution in [0, 0.1) is 5.82 Å². The predicted octanol–water partition coefficient (Wildman–Crippen LogP) is 5.37. The van der Waals surface area contributed by atoms with E-state index >= 15 is 0 Å². The molecule has 0 unspecified atom stereocenters. The van der Waals surface area contributed by atoms with Crippen LogP contribution in [-0.4, -0.2) is 47.4 Å².